The zero-order chi connectivity index (χ0) is 14.2. The molecule has 0 fully saturated rings. The normalized spacial score (nSPS) is 11.2. The van der Waals surface area contributed by atoms with E-state index in [0.29, 0.717) is 11.4 Å². The van der Waals surface area contributed by atoms with Crippen molar-refractivity contribution in [2.24, 2.45) is 0 Å². The molecule has 4 aromatic rings. The van der Waals surface area contributed by atoms with Gasteiger partial charge in [-0.25, -0.2) is 4.98 Å². The Bertz CT molecular complexity index is 926. The second-order valence-corrected chi connectivity index (χ2v) is 5.13. The fourth-order valence-electron chi connectivity index (χ4n) is 2.70. The number of hydrogen-bond acceptors (Lipinski definition) is 3. The Morgan fingerprint density at radius 3 is 2.52 bits per heavy atom. The topological polar surface area (TPSA) is 52.0 Å². The summed E-state index contributed by atoms with van der Waals surface area (Å²) in [5.74, 6) is 1.35. The molecule has 2 aromatic carbocycles. The number of para-hydroxylation sites is 1. The van der Waals surface area contributed by atoms with Crippen LogP contribution in [0.5, 0.6) is 0 Å². The molecule has 2 N–H and O–H groups in total. The number of fused-ring (bicyclic) bond motifs is 3. The number of nitrogens with two attached hydrogens (primary N) is 1. The Kier molecular flexibility index (Phi) is 2.64. The maximum atomic E-state index is 6.02. The van der Waals surface area contributed by atoms with Crippen molar-refractivity contribution < 1.29 is 4.42 Å². The van der Waals surface area contributed by atoms with E-state index in [1.807, 2.05) is 42.5 Å². The Morgan fingerprint density at radius 2 is 1.67 bits per heavy atom. The monoisotopic (exact) mass is 274 g/mol. The van der Waals surface area contributed by atoms with Gasteiger partial charge in [0.1, 0.15) is 5.76 Å². The number of benzene rings is 2. The van der Waals surface area contributed by atoms with Crippen molar-refractivity contribution in [1.29, 1.82) is 0 Å². The molecular weight excluding hydrogens is 260 g/mol. The van der Waals surface area contributed by atoms with Crippen molar-refractivity contribution >= 4 is 27.7 Å². The number of hydrogen-bond donors (Lipinski definition) is 1. The molecule has 2 aromatic heterocycles. The van der Waals surface area contributed by atoms with E-state index in [-0.39, 0.29) is 0 Å². The van der Waals surface area contributed by atoms with Gasteiger partial charge < -0.3 is 10.2 Å². The second kappa shape index (κ2) is 4.63. The lowest BCUT2D eigenvalue weighted by atomic mass is 10.1. The van der Waals surface area contributed by atoms with Crippen LogP contribution in [-0.4, -0.2) is 4.98 Å². The minimum atomic E-state index is 0.447. The molecule has 102 valence electrons. The minimum absolute atomic E-state index is 0.447. The van der Waals surface area contributed by atoms with Gasteiger partial charge in [-0.2, -0.15) is 0 Å². The summed E-state index contributed by atoms with van der Waals surface area (Å²) >= 11 is 0. The van der Waals surface area contributed by atoms with Crippen LogP contribution in [0, 0.1) is 0 Å². The molecule has 0 radical (unpaired) electrons. The lowest BCUT2D eigenvalue weighted by molar-refractivity contribution is 0.563. The molecule has 4 rings (SSSR count). The van der Waals surface area contributed by atoms with Gasteiger partial charge in [-0.05, 0) is 17.7 Å². The van der Waals surface area contributed by atoms with Gasteiger partial charge in [0, 0.05) is 17.2 Å². The Labute approximate surface area is 122 Å². The number of furan rings is 1. The summed E-state index contributed by atoms with van der Waals surface area (Å²) in [6.45, 7) is 0. The first kappa shape index (κ1) is 12.0. The first-order valence-electron chi connectivity index (χ1n) is 6.92. The molecule has 2 heterocycles. The molecule has 0 amide bonds. The van der Waals surface area contributed by atoms with Gasteiger partial charge >= 0.3 is 0 Å². The number of rotatable bonds is 2. The fraction of sp³-hybridized carbons (Fsp3) is 0.0556. The second-order valence-electron chi connectivity index (χ2n) is 5.13. The van der Waals surface area contributed by atoms with E-state index in [0.717, 1.165) is 28.5 Å². The van der Waals surface area contributed by atoms with Crippen LogP contribution in [0.1, 0.15) is 11.3 Å². The Hall–Kier alpha value is -2.81. The lowest BCUT2D eigenvalue weighted by Crippen LogP contribution is -1.91. The van der Waals surface area contributed by atoms with E-state index >= 15 is 0 Å². The van der Waals surface area contributed by atoms with E-state index in [9.17, 15) is 0 Å². The van der Waals surface area contributed by atoms with Crippen LogP contribution in [0.4, 0.5) is 5.82 Å². The van der Waals surface area contributed by atoms with Crippen molar-refractivity contribution in [2.75, 3.05) is 5.73 Å². The number of nitrogen functional groups attached to an aromatic ring is 1. The van der Waals surface area contributed by atoms with Crippen LogP contribution < -0.4 is 5.73 Å². The number of anilines is 1. The van der Waals surface area contributed by atoms with E-state index in [2.05, 4.69) is 23.2 Å². The number of aromatic nitrogens is 1. The molecule has 0 unspecified atom stereocenters. The van der Waals surface area contributed by atoms with Crippen molar-refractivity contribution in [3.05, 3.63) is 72.0 Å². The van der Waals surface area contributed by atoms with E-state index in [1.165, 1.54) is 5.56 Å². The third-order valence-electron chi connectivity index (χ3n) is 3.67. The van der Waals surface area contributed by atoms with Crippen molar-refractivity contribution in [3.8, 4) is 0 Å². The van der Waals surface area contributed by atoms with Gasteiger partial charge in [0.2, 0.25) is 0 Å². The summed E-state index contributed by atoms with van der Waals surface area (Å²) < 4.78 is 5.92. The quantitative estimate of drug-likeness (QED) is 0.597. The SMILES string of the molecule is Nc1nc2ccccc2c2cc(Cc3ccccc3)oc12. The summed E-state index contributed by atoms with van der Waals surface area (Å²) in [6, 6.07) is 20.3. The highest BCUT2D eigenvalue weighted by atomic mass is 16.3. The van der Waals surface area contributed by atoms with Gasteiger partial charge in [0.05, 0.1) is 5.52 Å². The first-order valence-corrected chi connectivity index (χ1v) is 6.92. The average Bonchev–Trinajstić information content (AvgIpc) is 2.93. The third-order valence-corrected chi connectivity index (χ3v) is 3.67. The first-order chi connectivity index (χ1) is 10.3. The Morgan fingerprint density at radius 1 is 0.905 bits per heavy atom. The molecule has 0 bridgehead atoms. The van der Waals surface area contributed by atoms with Gasteiger partial charge in [-0.3, -0.25) is 0 Å². The van der Waals surface area contributed by atoms with Crippen LogP contribution >= 0.6 is 0 Å². The van der Waals surface area contributed by atoms with Crippen molar-refractivity contribution in [2.45, 2.75) is 6.42 Å². The van der Waals surface area contributed by atoms with Crippen molar-refractivity contribution in [1.82, 2.24) is 4.98 Å². The minimum Gasteiger partial charge on any atom is -0.457 e. The molecule has 0 atom stereocenters. The molecule has 3 heteroatoms. The van der Waals surface area contributed by atoms with Crippen LogP contribution in [0.3, 0.4) is 0 Å². The van der Waals surface area contributed by atoms with E-state index < -0.39 is 0 Å². The number of pyridine rings is 1. The predicted octanol–water partition coefficient (Wildman–Crippen LogP) is 4.15. The standard InChI is InChI=1S/C18H14N2O/c19-18-17-15(14-8-4-5-9-16(14)20-18)11-13(21-17)10-12-6-2-1-3-7-12/h1-9,11H,10H2,(H2,19,20). The van der Waals surface area contributed by atoms with Gasteiger partial charge in [0.15, 0.2) is 11.4 Å². The molecule has 3 nitrogen and oxygen atoms in total. The van der Waals surface area contributed by atoms with Crippen LogP contribution in [0.25, 0.3) is 21.9 Å². The smallest absolute Gasteiger partial charge is 0.176 e. The van der Waals surface area contributed by atoms with Crippen LogP contribution in [-0.2, 0) is 6.42 Å². The third kappa shape index (κ3) is 2.03. The molecular formula is C18H14N2O. The van der Waals surface area contributed by atoms with Crippen molar-refractivity contribution in [3.63, 3.8) is 0 Å². The highest BCUT2D eigenvalue weighted by Crippen LogP contribution is 2.31. The fourth-order valence-corrected chi connectivity index (χ4v) is 2.70. The molecule has 21 heavy (non-hydrogen) atoms. The van der Waals surface area contributed by atoms with E-state index in [4.69, 9.17) is 10.2 Å². The zero-order valence-electron chi connectivity index (χ0n) is 11.4. The average molecular weight is 274 g/mol. The van der Waals surface area contributed by atoms with Crippen LogP contribution in [0.15, 0.2) is 65.1 Å². The highest BCUT2D eigenvalue weighted by molar-refractivity contribution is 6.07. The van der Waals surface area contributed by atoms with E-state index in [1.54, 1.807) is 0 Å². The summed E-state index contributed by atoms with van der Waals surface area (Å²) in [4.78, 5) is 4.41. The van der Waals surface area contributed by atoms with Crippen LogP contribution in [0.2, 0.25) is 0 Å². The molecule has 0 saturated heterocycles. The molecule has 0 aliphatic rings. The summed E-state index contributed by atoms with van der Waals surface area (Å²) in [5, 5.41) is 2.11. The molecule has 0 aliphatic heterocycles. The summed E-state index contributed by atoms with van der Waals surface area (Å²) in [5.41, 5.74) is 8.82. The molecule has 0 spiro atoms. The lowest BCUT2D eigenvalue weighted by Gasteiger charge is -2.00. The molecule has 0 saturated carbocycles. The summed E-state index contributed by atoms with van der Waals surface area (Å²) in [6.07, 6.45) is 0.753. The maximum Gasteiger partial charge on any atom is 0.176 e. The predicted molar refractivity (Wildman–Crippen MR) is 85.2 cm³/mol. The summed E-state index contributed by atoms with van der Waals surface area (Å²) in [7, 11) is 0. The highest BCUT2D eigenvalue weighted by Gasteiger charge is 2.12. The largest absolute Gasteiger partial charge is 0.457 e. The van der Waals surface area contributed by atoms with Gasteiger partial charge in [-0.1, -0.05) is 48.5 Å². The number of nitrogens with zero attached hydrogens (tertiary/aromatic N) is 1. The zero-order valence-corrected chi connectivity index (χ0v) is 11.4. The Balaban J connectivity index is 1.89. The molecule has 0 aliphatic carbocycles. The van der Waals surface area contributed by atoms with Gasteiger partial charge in [0.25, 0.3) is 0 Å². The maximum absolute atomic E-state index is 6.02. The van der Waals surface area contributed by atoms with Gasteiger partial charge in [-0.15, -0.1) is 0 Å².